The number of benzene rings is 1. The van der Waals surface area contributed by atoms with Gasteiger partial charge in [-0.25, -0.2) is 4.39 Å². The molecular formula is C20H21FN4O2. The molecule has 1 aromatic heterocycles. The van der Waals surface area contributed by atoms with Crippen molar-refractivity contribution in [1.29, 1.82) is 0 Å². The van der Waals surface area contributed by atoms with Gasteiger partial charge in [-0.1, -0.05) is 25.0 Å². The smallest absolute Gasteiger partial charge is 0.312 e. The third kappa shape index (κ3) is 3.54. The number of aromatic nitrogens is 2. The van der Waals surface area contributed by atoms with Crippen molar-refractivity contribution in [1.82, 2.24) is 20.0 Å². The number of hydrogen-bond acceptors (Lipinski definition) is 4. The van der Waals surface area contributed by atoms with Crippen LogP contribution in [-0.2, 0) is 16.1 Å². The molecule has 2 aliphatic rings. The highest BCUT2D eigenvalue weighted by Gasteiger charge is 2.37. The van der Waals surface area contributed by atoms with Gasteiger partial charge in [-0.2, -0.15) is 10.2 Å². The van der Waals surface area contributed by atoms with Gasteiger partial charge < -0.3 is 9.80 Å². The normalized spacial score (nSPS) is 18.4. The van der Waals surface area contributed by atoms with E-state index in [1.165, 1.54) is 11.0 Å². The summed E-state index contributed by atoms with van der Waals surface area (Å²) in [4.78, 5) is 28.2. The highest BCUT2D eigenvalue weighted by atomic mass is 19.1. The molecule has 7 heteroatoms. The molecule has 1 saturated heterocycles. The van der Waals surface area contributed by atoms with E-state index in [0.29, 0.717) is 30.0 Å². The molecule has 1 aromatic carbocycles. The summed E-state index contributed by atoms with van der Waals surface area (Å²) in [7, 11) is 0. The molecule has 2 heterocycles. The highest BCUT2D eigenvalue weighted by molar-refractivity contribution is 6.35. The zero-order chi connectivity index (χ0) is 18.8. The molecule has 0 unspecified atom stereocenters. The highest BCUT2D eigenvalue weighted by Crippen LogP contribution is 2.25. The van der Waals surface area contributed by atoms with Crippen LogP contribution in [0.2, 0.25) is 0 Å². The van der Waals surface area contributed by atoms with Gasteiger partial charge in [0.25, 0.3) is 0 Å². The van der Waals surface area contributed by atoms with Gasteiger partial charge in [-0.15, -0.1) is 0 Å². The van der Waals surface area contributed by atoms with Crippen LogP contribution in [-0.4, -0.2) is 50.9 Å². The first-order valence-corrected chi connectivity index (χ1v) is 9.31. The van der Waals surface area contributed by atoms with E-state index in [0.717, 1.165) is 25.7 Å². The fraction of sp³-hybridized carbons (Fsp3) is 0.400. The molecule has 2 fully saturated rings. The van der Waals surface area contributed by atoms with Crippen LogP contribution in [0.4, 0.5) is 4.39 Å². The van der Waals surface area contributed by atoms with Crippen molar-refractivity contribution < 1.29 is 14.0 Å². The van der Waals surface area contributed by atoms with Gasteiger partial charge in [-0.3, -0.25) is 9.59 Å². The van der Waals surface area contributed by atoms with Crippen molar-refractivity contribution in [3.05, 3.63) is 47.9 Å². The Morgan fingerprint density at radius 1 is 0.963 bits per heavy atom. The number of amides is 2. The first-order valence-electron chi connectivity index (χ1n) is 9.31. The van der Waals surface area contributed by atoms with Crippen molar-refractivity contribution in [2.75, 3.05) is 13.1 Å². The van der Waals surface area contributed by atoms with E-state index in [1.807, 2.05) is 0 Å². The van der Waals surface area contributed by atoms with E-state index >= 15 is 0 Å². The van der Waals surface area contributed by atoms with Crippen molar-refractivity contribution in [3.63, 3.8) is 0 Å². The fourth-order valence-electron chi connectivity index (χ4n) is 3.86. The van der Waals surface area contributed by atoms with Crippen LogP contribution in [0.25, 0.3) is 11.3 Å². The number of carbonyl (C=O) groups is 2. The zero-order valence-corrected chi connectivity index (χ0v) is 15.0. The van der Waals surface area contributed by atoms with E-state index in [1.54, 1.807) is 35.2 Å². The van der Waals surface area contributed by atoms with Crippen molar-refractivity contribution in [3.8, 4) is 11.3 Å². The Morgan fingerprint density at radius 2 is 1.74 bits per heavy atom. The second-order valence-corrected chi connectivity index (χ2v) is 7.05. The molecule has 0 spiro atoms. The molecular weight excluding hydrogens is 347 g/mol. The standard InChI is InChI=1S/C20H21FN4O2/c21-17-8-4-3-7-16(17)18-10-9-14(22-23-18)13-24-11-12-25(20(27)19(24)26)15-5-1-2-6-15/h3-4,7-10,15H,1-2,5-6,11-13H2. The summed E-state index contributed by atoms with van der Waals surface area (Å²) in [5, 5.41) is 8.18. The maximum Gasteiger partial charge on any atom is 0.312 e. The molecule has 6 nitrogen and oxygen atoms in total. The number of carbonyl (C=O) groups excluding carboxylic acids is 2. The average Bonchev–Trinajstić information content (AvgIpc) is 3.21. The maximum absolute atomic E-state index is 13.8. The number of piperazine rings is 1. The SMILES string of the molecule is O=C1C(=O)N(C2CCCC2)CCN1Cc1ccc(-c2ccccc2F)nn1. The first-order chi connectivity index (χ1) is 13.1. The van der Waals surface area contributed by atoms with Crippen LogP contribution in [0, 0.1) is 5.82 Å². The molecule has 1 aliphatic heterocycles. The van der Waals surface area contributed by atoms with Crippen LogP contribution in [0.3, 0.4) is 0 Å². The summed E-state index contributed by atoms with van der Waals surface area (Å²) in [6.45, 7) is 1.29. The van der Waals surface area contributed by atoms with Crippen LogP contribution in [0.5, 0.6) is 0 Å². The number of halogens is 1. The summed E-state index contributed by atoms with van der Waals surface area (Å²) < 4.78 is 13.8. The van der Waals surface area contributed by atoms with E-state index in [2.05, 4.69) is 10.2 Å². The molecule has 0 atom stereocenters. The fourth-order valence-corrected chi connectivity index (χ4v) is 3.86. The van der Waals surface area contributed by atoms with Gasteiger partial charge in [0.15, 0.2) is 0 Å². The van der Waals surface area contributed by atoms with Crippen molar-refractivity contribution >= 4 is 11.8 Å². The van der Waals surface area contributed by atoms with Crippen LogP contribution in [0.1, 0.15) is 31.4 Å². The third-order valence-electron chi connectivity index (χ3n) is 5.33. The molecule has 0 N–H and O–H groups in total. The summed E-state index contributed by atoms with van der Waals surface area (Å²) in [5.74, 6) is -1.25. The Balaban J connectivity index is 1.43. The molecule has 140 valence electrons. The lowest BCUT2D eigenvalue weighted by Gasteiger charge is -2.36. The van der Waals surface area contributed by atoms with Crippen LogP contribution < -0.4 is 0 Å². The quantitative estimate of drug-likeness (QED) is 0.778. The van der Waals surface area contributed by atoms with Crippen molar-refractivity contribution in [2.45, 2.75) is 38.3 Å². The second-order valence-electron chi connectivity index (χ2n) is 7.05. The minimum absolute atomic E-state index is 0.212. The lowest BCUT2D eigenvalue weighted by atomic mass is 10.1. The van der Waals surface area contributed by atoms with E-state index in [9.17, 15) is 14.0 Å². The zero-order valence-electron chi connectivity index (χ0n) is 15.0. The topological polar surface area (TPSA) is 66.4 Å². The molecule has 0 radical (unpaired) electrons. The van der Waals surface area contributed by atoms with E-state index in [4.69, 9.17) is 0 Å². The van der Waals surface area contributed by atoms with Gasteiger partial charge in [0.2, 0.25) is 0 Å². The molecule has 2 amide bonds. The van der Waals surface area contributed by atoms with Gasteiger partial charge in [0, 0.05) is 24.7 Å². The average molecular weight is 368 g/mol. The lowest BCUT2D eigenvalue weighted by molar-refractivity contribution is -0.158. The molecule has 4 rings (SSSR count). The largest absolute Gasteiger partial charge is 0.330 e. The second kappa shape index (κ2) is 7.42. The minimum atomic E-state index is -0.479. The summed E-state index contributed by atoms with van der Waals surface area (Å²) >= 11 is 0. The Labute approximate surface area is 157 Å². The van der Waals surface area contributed by atoms with Gasteiger partial charge in [0.05, 0.1) is 17.9 Å². The minimum Gasteiger partial charge on any atom is -0.330 e. The van der Waals surface area contributed by atoms with Gasteiger partial charge >= 0.3 is 11.8 Å². The first kappa shape index (κ1) is 17.6. The Bertz CT molecular complexity index is 849. The molecule has 1 aliphatic carbocycles. The number of nitrogens with zero attached hydrogens (tertiary/aromatic N) is 4. The molecule has 2 aromatic rings. The van der Waals surface area contributed by atoms with Gasteiger partial charge in [-0.05, 0) is 37.1 Å². The summed E-state index contributed by atoms with van der Waals surface area (Å²) in [6.07, 6.45) is 4.22. The van der Waals surface area contributed by atoms with Gasteiger partial charge in [0.1, 0.15) is 5.82 Å². The predicted molar refractivity (Wildman–Crippen MR) is 96.8 cm³/mol. The Hall–Kier alpha value is -2.83. The monoisotopic (exact) mass is 368 g/mol. The van der Waals surface area contributed by atoms with Crippen LogP contribution >= 0.6 is 0 Å². The molecule has 0 bridgehead atoms. The molecule has 1 saturated carbocycles. The number of hydrogen-bond donors (Lipinski definition) is 0. The Morgan fingerprint density at radius 3 is 2.44 bits per heavy atom. The van der Waals surface area contributed by atoms with E-state index in [-0.39, 0.29) is 18.4 Å². The maximum atomic E-state index is 13.8. The van der Waals surface area contributed by atoms with Crippen LogP contribution in [0.15, 0.2) is 36.4 Å². The third-order valence-corrected chi connectivity index (χ3v) is 5.33. The molecule has 27 heavy (non-hydrogen) atoms. The van der Waals surface area contributed by atoms with E-state index < -0.39 is 11.8 Å². The lowest BCUT2D eigenvalue weighted by Crippen LogP contribution is -2.56. The summed E-state index contributed by atoms with van der Waals surface area (Å²) in [5.41, 5.74) is 1.39. The Kier molecular flexibility index (Phi) is 4.83. The predicted octanol–water partition coefficient (Wildman–Crippen LogP) is 2.40. The summed E-state index contributed by atoms with van der Waals surface area (Å²) in [6, 6.07) is 9.99. The van der Waals surface area contributed by atoms with Crippen molar-refractivity contribution in [2.24, 2.45) is 0 Å². The number of rotatable bonds is 4.